The zero-order valence-electron chi connectivity index (χ0n) is 12.4. The molecule has 1 atom stereocenters. The fourth-order valence-electron chi connectivity index (χ4n) is 1.75. The van der Waals surface area contributed by atoms with Crippen LogP contribution in [0.25, 0.3) is 0 Å². The molecule has 1 aromatic rings. The van der Waals surface area contributed by atoms with Crippen molar-refractivity contribution >= 4 is 17.7 Å². The van der Waals surface area contributed by atoms with E-state index in [1.807, 2.05) is 0 Å². The number of hydrogen-bond donors (Lipinski definition) is 3. The zero-order chi connectivity index (χ0) is 18.2. The molecular weight excluding hydrogens is 336 g/mol. The largest absolute Gasteiger partial charge is 0.490 e. The van der Waals surface area contributed by atoms with Gasteiger partial charge in [0.15, 0.2) is 0 Å². The molecule has 1 saturated heterocycles. The Kier molecular flexibility index (Phi) is 7.43. The number of benzene rings is 1. The van der Waals surface area contributed by atoms with Gasteiger partial charge in [0.2, 0.25) is 0 Å². The summed E-state index contributed by atoms with van der Waals surface area (Å²) in [7, 11) is 0. The number of aliphatic carboxylic acids is 1. The molecule has 0 spiro atoms. The number of carboxylic acid groups (broad SMARTS) is 1. The highest BCUT2D eigenvalue weighted by molar-refractivity contribution is 5.84. The molecule has 1 heterocycles. The standard InChI is InChI=1S/C12H15FN2O2.C2HF3O2/c13-9-3-5-10(6-4-9)15-12(16)17-11-2-1-7-14-8-11;3-2(4,5)1(6)7/h3-6,11,14H,1-2,7-8H2,(H,15,16);(H,6,7). The van der Waals surface area contributed by atoms with Crippen LogP contribution < -0.4 is 10.6 Å². The van der Waals surface area contributed by atoms with Gasteiger partial charge < -0.3 is 15.2 Å². The van der Waals surface area contributed by atoms with E-state index in [2.05, 4.69) is 10.6 Å². The summed E-state index contributed by atoms with van der Waals surface area (Å²) in [5.74, 6) is -3.09. The fourth-order valence-corrected chi connectivity index (χ4v) is 1.75. The first kappa shape index (κ1) is 19.7. The molecule has 0 saturated carbocycles. The summed E-state index contributed by atoms with van der Waals surface area (Å²) in [5, 5.41) is 12.8. The summed E-state index contributed by atoms with van der Waals surface area (Å²) in [4.78, 5) is 20.4. The summed E-state index contributed by atoms with van der Waals surface area (Å²) in [6.45, 7) is 1.66. The van der Waals surface area contributed by atoms with E-state index < -0.39 is 18.2 Å². The molecule has 24 heavy (non-hydrogen) atoms. The second kappa shape index (κ2) is 9.06. The number of amides is 1. The molecule has 0 aliphatic carbocycles. The number of nitrogens with one attached hydrogen (secondary N) is 2. The number of alkyl halides is 3. The van der Waals surface area contributed by atoms with Gasteiger partial charge in [0, 0.05) is 12.2 Å². The molecule has 1 unspecified atom stereocenters. The van der Waals surface area contributed by atoms with E-state index in [1.54, 1.807) is 0 Å². The SMILES string of the molecule is O=C(Nc1ccc(F)cc1)OC1CCCNC1.O=C(O)C(F)(F)F. The van der Waals surface area contributed by atoms with Gasteiger partial charge in [-0.1, -0.05) is 0 Å². The van der Waals surface area contributed by atoms with E-state index in [4.69, 9.17) is 14.6 Å². The minimum atomic E-state index is -5.08. The first-order chi connectivity index (χ1) is 11.2. The molecule has 3 N–H and O–H groups in total. The lowest BCUT2D eigenvalue weighted by molar-refractivity contribution is -0.192. The molecule has 1 amide bonds. The van der Waals surface area contributed by atoms with Crippen molar-refractivity contribution in [2.75, 3.05) is 18.4 Å². The van der Waals surface area contributed by atoms with Crippen LogP contribution >= 0.6 is 0 Å². The van der Waals surface area contributed by atoms with E-state index in [0.29, 0.717) is 12.2 Å². The van der Waals surface area contributed by atoms with Crippen LogP contribution in [0.3, 0.4) is 0 Å². The minimum absolute atomic E-state index is 0.0794. The Morgan fingerprint density at radius 3 is 2.29 bits per heavy atom. The van der Waals surface area contributed by atoms with Crippen molar-refractivity contribution in [1.82, 2.24) is 5.32 Å². The van der Waals surface area contributed by atoms with Gasteiger partial charge in [0.1, 0.15) is 11.9 Å². The van der Waals surface area contributed by atoms with Gasteiger partial charge in [0.05, 0.1) is 0 Å². The Morgan fingerprint density at radius 2 is 1.83 bits per heavy atom. The predicted molar refractivity (Wildman–Crippen MR) is 76.1 cm³/mol. The maximum atomic E-state index is 12.6. The fraction of sp³-hybridized carbons (Fsp3) is 0.429. The smallest absolute Gasteiger partial charge is 0.475 e. The Labute approximate surface area is 134 Å². The van der Waals surface area contributed by atoms with E-state index >= 15 is 0 Å². The first-order valence-corrected chi connectivity index (χ1v) is 6.92. The van der Waals surface area contributed by atoms with Gasteiger partial charge in [-0.15, -0.1) is 0 Å². The lowest BCUT2D eigenvalue weighted by atomic mass is 10.1. The molecule has 10 heteroatoms. The van der Waals surface area contributed by atoms with Gasteiger partial charge in [-0.25, -0.2) is 14.0 Å². The molecule has 134 valence electrons. The van der Waals surface area contributed by atoms with Gasteiger partial charge >= 0.3 is 18.2 Å². The molecule has 2 rings (SSSR count). The van der Waals surface area contributed by atoms with Crippen LogP contribution in [-0.2, 0) is 9.53 Å². The topological polar surface area (TPSA) is 87.7 Å². The number of rotatable bonds is 2. The number of halogens is 4. The maximum Gasteiger partial charge on any atom is 0.490 e. The Morgan fingerprint density at radius 1 is 1.25 bits per heavy atom. The van der Waals surface area contributed by atoms with Crippen LogP contribution in [0.1, 0.15) is 12.8 Å². The van der Waals surface area contributed by atoms with Crippen molar-refractivity contribution in [3.63, 3.8) is 0 Å². The second-order valence-electron chi connectivity index (χ2n) is 4.81. The van der Waals surface area contributed by atoms with E-state index in [9.17, 15) is 22.4 Å². The van der Waals surface area contributed by atoms with E-state index in [1.165, 1.54) is 24.3 Å². The minimum Gasteiger partial charge on any atom is -0.475 e. The molecule has 1 fully saturated rings. The molecule has 1 aliphatic rings. The summed E-state index contributed by atoms with van der Waals surface area (Å²) >= 11 is 0. The van der Waals surface area contributed by atoms with Crippen LogP contribution in [0.15, 0.2) is 24.3 Å². The molecule has 6 nitrogen and oxygen atoms in total. The molecule has 1 aromatic carbocycles. The normalized spacial score (nSPS) is 17.2. The van der Waals surface area contributed by atoms with Crippen LogP contribution in [-0.4, -0.2) is 42.5 Å². The van der Waals surface area contributed by atoms with Crippen molar-refractivity contribution in [3.05, 3.63) is 30.1 Å². The van der Waals surface area contributed by atoms with Crippen LogP contribution in [0.2, 0.25) is 0 Å². The van der Waals surface area contributed by atoms with Crippen molar-refractivity contribution in [1.29, 1.82) is 0 Å². The summed E-state index contributed by atoms with van der Waals surface area (Å²) in [5.41, 5.74) is 0.528. The number of ether oxygens (including phenoxy) is 1. The summed E-state index contributed by atoms with van der Waals surface area (Å²) in [6.07, 6.45) is -3.77. The lowest BCUT2D eigenvalue weighted by Gasteiger charge is -2.22. The van der Waals surface area contributed by atoms with Gasteiger partial charge in [0.25, 0.3) is 0 Å². The number of carbonyl (C=O) groups excluding carboxylic acids is 1. The van der Waals surface area contributed by atoms with Gasteiger partial charge in [-0.3, -0.25) is 5.32 Å². The van der Waals surface area contributed by atoms with E-state index in [-0.39, 0.29) is 11.9 Å². The maximum absolute atomic E-state index is 12.6. The summed E-state index contributed by atoms with van der Waals surface area (Å²) in [6, 6.07) is 5.57. The molecule has 0 radical (unpaired) electrons. The highest BCUT2D eigenvalue weighted by Gasteiger charge is 2.38. The third-order valence-corrected chi connectivity index (χ3v) is 2.86. The van der Waals surface area contributed by atoms with Gasteiger partial charge in [-0.05, 0) is 43.7 Å². The second-order valence-corrected chi connectivity index (χ2v) is 4.81. The van der Waals surface area contributed by atoms with Crippen LogP contribution in [0.4, 0.5) is 28.0 Å². The summed E-state index contributed by atoms with van der Waals surface area (Å²) < 4.78 is 49.6. The first-order valence-electron chi connectivity index (χ1n) is 6.92. The highest BCUT2D eigenvalue weighted by Crippen LogP contribution is 2.13. The number of carbonyl (C=O) groups is 2. The predicted octanol–water partition coefficient (Wildman–Crippen LogP) is 2.76. The Balaban J connectivity index is 0.000000351. The van der Waals surface area contributed by atoms with Crippen LogP contribution in [0, 0.1) is 5.82 Å². The number of carboxylic acids is 1. The lowest BCUT2D eigenvalue weighted by Crippen LogP contribution is -2.37. The monoisotopic (exact) mass is 352 g/mol. The average molecular weight is 352 g/mol. The number of piperidine rings is 1. The Hall–Kier alpha value is -2.36. The Bertz CT molecular complexity index is 543. The third kappa shape index (κ3) is 7.77. The third-order valence-electron chi connectivity index (χ3n) is 2.86. The van der Waals surface area contributed by atoms with Crippen molar-refractivity contribution in [2.24, 2.45) is 0 Å². The molecule has 0 bridgehead atoms. The number of anilines is 1. The number of hydrogen-bond acceptors (Lipinski definition) is 4. The van der Waals surface area contributed by atoms with E-state index in [0.717, 1.165) is 19.4 Å². The zero-order valence-corrected chi connectivity index (χ0v) is 12.4. The molecule has 1 aliphatic heterocycles. The van der Waals surface area contributed by atoms with Crippen molar-refractivity contribution < 1.29 is 37.0 Å². The van der Waals surface area contributed by atoms with Gasteiger partial charge in [-0.2, -0.15) is 13.2 Å². The molecule has 0 aromatic heterocycles. The van der Waals surface area contributed by atoms with Crippen molar-refractivity contribution in [3.8, 4) is 0 Å². The average Bonchev–Trinajstić information content (AvgIpc) is 2.50. The highest BCUT2D eigenvalue weighted by atomic mass is 19.4. The van der Waals surface area contributed by atoms with Crippen LogP contribution in [0.5, 0.6) is 0 Å². The quantitative estimate of drug-likeness (QED) is 0.713. The molecular formula is C14H16F4N2O4. The van der Waals surface area contributed by atoms with Crippen molar-refractivity contribution in [2.45, 2.75) is 25.1 Å².